The van der Waals surface area contributed by atoms with Gasteiger partial charge in [0.05, 0.1) is 10.9 Å². The summed E-state index contributed by atoms with van der Waals surface area (Å²) in [5.41, 5.74) is -0.404. The van der Waals surface area contributed by atoms with Gasteiger partial charge in [0.25, 0.3) is 5.91 Å². The first kappa shape index (κ1) is 24.7. The molecule has 0 aliphatic heterocycles. The summed E-state index contributed by atoms with van der Waals surface area (Å²) in [5.74, 6) is -1.47. The first-order valence-electron chi connectivity index (χ1n) is 10.9. The second-order valence-electron chi connectivity index (χ2n) is 8.05. The monoisotopic (exact) mass is 495 g/mol. The predicted octanol–water partition coefficient (Wildman–Crippen LogP) is 5.97. The van der Waals surface area contributed by atoms with Crippen molar-refractivity contribution < 1.29 is 31.9 Å². The van der Waals surface area contributed by atoms with Crippen molar-refractivity contribution >= 4 is 28.5 Å². The Morgan fingerprint density at radius 2 is 1.67 bits per heavy atom. The molecule has 0 fully saturated rings. The summed E-state index contributed by atoms with van der Waals surface area (Å²) < 4.78 is 50.0. The van der Waals surface area contributed by atoms with Crippen LogP contribution >= 0.6 is 0 Å². The van der Waals surface area contributed by atoms with Gasteiger partial charge < -0.3 is 14.5 Å². The van der Waals surface area contributed by atoms with Gasteiger partial charge in [-0.25, -0.2) is 4.79 Å². The molecular weight excluding hydrogens is 475 g/mol. The number of alkyl halides is 3. The molecule has 3 aromatic carbocycles. The fourth-order valence-corrected chi connectivity index (χ4v) is 3.63. The molecule has 1 aromatic heterocycles. The normalized spacial score (nSPS) is 12.2. The van der Waals surface area contributed by atoms with E-state index < -0.39 is 29.7 Å². The Morgan fingerprint density at radius 3 is 2.36 bits per heavy atom. The molecule has 0 unspecified atom stereocenters. The lowest BCUT2D eigenvalue weighted by molar-refractivity contribution is -0.137. The van der Waals surface area contributed by atoms with Gasteiger partial charge in [-0.1, -0.05) is 42.5 Å². The highest BCUT2D eigenvalue weighted by Crippen LogP contribution is 2.31. The number of esters is 1. The van der Waals surface area contributed by atoms with Crippen LogP contribution in [-0.2, 0) is 15.7 Å². The van der Waals surface area contributed by atoms with Gasteiger partial charge in [0, 0.05) is 16.8 Å². The molecule has 4 rings (SSSR count). The minimum absolute atomic E-state index is 0.00226. The third-order valence-corrected chi connectivity index (χ3v) is 5.51. The van der Waals surface area contributed by atoms with Crippen LogP contribution < -0.4 is 10.7 Å². The first-order chi connectivity index (χ1) is 17.1. The Kier molecular flexibility index (Phi) is 6.65. The minimum Gasteiger partial charge on any atom is -0.455 e. The fourth-order valence-electron chi connectivity index (χ4n) is 3.63. The fraction of sp³-hybridized carbons (Fsp3) is 0.148. The molecule has 0 aliphatic rings. The van der Waals surface area contributed by atoms with Crippen LogP contribution in [0.15, 0.2) is 82.0 Å². The number of rotatable bonds is 5. The van der Waals surface area contributed by atoms with E-state index in [2.05, 4.69) is 5.32 Å². The van der Waals surface area contributed by atoms with Crippen molar-refractivity contribution in [1.82, 2.24) is 0 Å². The van der Waals surface area contributed by atoms with E-state index >= 15 is 0 Å². The molecule has 6 nitrogen and oxygen atoms in total. The molecule has 0 bridgehead atoms. The molecule has 0 spiro atoms. The molecule has 1 heterocycles. The molecule has 1 atom stereocenters. The van der Waals surface area contributed by atoms with Gasteiger partial charge >= 0.3 is 12.1 Å². The summed E-state index contributed by atoms with van der Waals surface area (Å²) in [7, 11) is 0. The zero-order valence-electron chi connectivity index (χ0n) is 19.2. The molecule has 0 aliphatic carbocycles. The Morgan fingerprint density at radius 1 is 0.972 bits per heavy atom. The number of ether oxygens (including phenoxy) is 1. The summed E-state index contributed by atoms with van der Waals surface area (Å²) in [4.78, 5) is 38.4. The van der Waals surface area contributed by atoms with Crippen LogP contribution in [0, 0.1) is 6.92 Å². The zero-order chi connectivity index (χ0) is 26.0. The van der Waals surface area contributed by atoms with Gasteiger partial charge in [0.1, 0.15) is 11.3 Å². The van der Waals surface area contributed by atoms with Gasteiger partial charge in [0.2, 0.25) is 0 Å². The van der Waals surface area contributed by atoms with Crippen LogP contribution in [-0.4, -0.2) is 18.0 Å². The van der Waals surface area contributed by atoms with Gasteiger partial charge in [-0.2, -0.15) is 13.2 Å². The van der Waals surface area contributed by atoms with Gasteiger partial charge in [-0.3, -0.25) is 9.59 Å². The molecule has 0 saturated heterocycles. The van der Waals surface area contributed by atoms with Crippen LogP contribution in [0.2, 0.25) is 0 Å². The lowest BCUT2D eigenvalue weighted by Gasteiger charge is -2.15. The smallest absolute Gasteiger partial charge is 0.416 e. The van der Waals surface area contributed by atoms with Crippen molar-refractivity contribution in [2.75, 3.05) is 5.32 Å². The summed E-state index contributed by atoms with van der Waals surface area (Å²) in [6, 6.07) is 17.4. The minimum atomic E-state index is -4.58. The molecule has 1 amide bonds. The van der Waals surface area contributed by atoms with Crippen LogP contribution in [0.5, 0.6) is 0 Å². The SMILES string of the molecule is Cc1c(-c2ccccc2)oc2c(C(=O)O[C@@H](C)C(=O)Nc3cccc(C(F)(F)F)c3)cccc2c1=O. The summed E-state index contributed by atoms with van der Waals surface area (Å²) in [6.45, 7) is 2.90. The molecule has 1 N–H and O–H groups in total. The number of para-hydroxylation sites is 1. The summed E-state index contributed by atoms with van der Waals surface area (Å²) in [5, 5.41) is 2.47. The van der Waals surface area contributed by atoms with Gasteiger partial charge in [-0.15, -0.1) is 0 Å². The molecular formula is C27H20F3NO5. The number of hydrogen-bond donors (Lipinski definition) is 1. The van der Waals surface area contributed by atoms with Crippen molar-refractivity contribution in [2.45, 2.75) is 26.1 Å². The quantitative estimate of drug-likeness (QED) is 0.345. The number of nitrogens with one attached hydrogen (secondary N) is 1. The number of anilines is 1. The van der Waals surface area contributed by atoms with Gasteiger partial charge in [0.15, 0.2) is 17.1 Å². The van der Waals surface area contributed by atoms with E-state index in [1.54, 1.807) is 31.2 Å². The van der Waals surface area contributed by atoms with Crippen LogP contribution in [0.25, 0.3) is 22.3 Å². The van der Waals surface area contributed by atoms with E-state index in [0.717, 1.165) is 18.2 Å². The average Bonchev–Trinajstić information content (AvgIpc) is 2.86. The number of carbonyl (C=O) groups is 2. The van der Waals surface area contributed by atoms with Crippen LogP contribution in [0.1, 0.15) is 28.4 Å². The Labute approximate surface area is 203 Å². The van der Waals surface area contributed by atoms with E-state index in [0.29, 0.717) is 16.9 Å². The maximum Gasteiger partial charge on any atom is 0.416 e. The van der Waals surface area contributed by atoms with Crippen LogP contribution in [0.3, 0.4) is 0 Å². The van der Waals surface area contributed by atoms with E-state index in [-0.39, 0.29) is 27.6 Å². The predicted molar refractivity (Wildman–Crippen MR) is 128 cm³/mol. The van der Waals surface area contributed by atoms with Crippen molar-refractivity contribution in [2.24, 2.45) is 0 Å². The van der Waals surface area contributed by atoms with Crippen LogP contribution in [0.4, 0.5) is 18.9 Å². The molecule has 184 valence electrons. The highest BCUT2D eigenvalue weighted by molar-refractivity contribution is 6.04. The van der Waals surface area contributed by atoms with Gasteiger partial charge in [-0.05, 0) is 44.2 Å². The second-order valence-corrected chi connectivity index (χ2v) is 8.05. The van der Waals surface area contributed by atoms with Crippen molar-refractivity contribution in [3.05, 3.63) is 99.7 Å². The Balaban J connectivity index is 1.60. The van der Waals surface area contributed by atoms with E-state index in [1.807, 2.05) is 6.07 Å². The molecule has 0 saturated carbocycles. The first-order valence-corrected chi connectivity index (χ1v) is 10.9. The lowest BCUT2D eigenvalue weighted by Crippen LogP contribution is -2.30. The summed E-state index contributed by atoms with van der Waals surface area (Å²) >= 11 is 0. The third-order valence-electron chi connectivity index (χ3n) is 5.51. The van der Waals surface area contributed by atoms with E-state index in [4.69, 9.17) is 9.15 Å². The summed E-state index contributed by atoms with van der Waals surface area (Å²) in [6.07, 6.45) is -5.93. The second kappa shape index (κ2) is 9.69. The number of hydrogen-bond acceptors (Lipinski definition) is 5. The highest BCUT2D eigenvalue weighted by Gasteiger charge is 2.31. The number of carbonyl (C=O) groups excluding carboxylic acids is 2. The van der Waals surface area contributed by atoms with Crippen molar-refractivity contribution in [3.63, 3.8) is 0 Å². The topological polar surface area (TPSA) is 85.6 Å². The Hall–Kier alpha value is -4.40. The maximum absolute atomic E-state index is 13.0. The van der Waals surface area contributed by atoms with E-state index in [9.17, 15) is 27.6 Å². The average molecular weight is 495 g/mol. The number of amides is 1. The molecule has 36 heavy (non-hydrogen) atoms. The largest absolute Gasteiger partial charge is 0.455 e. The molecule has 0 radical (unpaired) electrons. The number of fused-ring (bicyclic) bond motifs is 1. The Bertz CT molecular complexity index is 1510. The maximum atomic E-state index is 13.0. The lowest BCUT2D eigenvalue weighted by atomic mass is 10.0. The third kappa shape index (κ3) is 5.00. The number of halogens is 3. The standard InChI is InChI=1S/C27H20F3NO5/c1-15-22(32)20-12-7-13-21(24(20)36-23(15)17-8-4-3-5-9-17)26(34)35-16(2)25(33)31-19-11-6-10-18(14-19)27(28,29)30/h3-14,16H,1-2H3,(H,31,33)/t16-/m0/s1. The molecule has 9 heteroatoms. The van der Waals surface area contributed by atoms with E-state index in [1.165, 1.54) is 31.2 Å². The molecule has 4 aromatic rings. The van der Waals surface area contributed by atoms with Crippen molar-refractivity contribution in [3.8, 4) is 11.3 Å². The highest BCUT2D eigenvalue weighted by atomic mass is 19.4. The number of benzene rings is 3. The van der Waals surface area contributed by atoms with Crippen molar-refractivity contribution in [1.29, 1.82) is 0 Å². The zero-order valence-corrected chi connectivity index (χ0v) is 19.2.